The third-order valence-electron chi connectivity index (χ3n) is 3.90. The molecule has 0 aromatic carbocycles. The highest BCUT2D eigenvalue weighted by molar-refractivity contribution is 4.77. The molecule has 4 heteroatoms. The molecule has 2 saturated heterocycles. The second kappa shape index (κ2) is 5.45. The second-order valence-corrected chi connectivity index (χ2v) is 5.17. The number of nitrogens with zero attached hydrogens (tertiary/aromatic N) is 3. The number of hydrogen-bond donors (Lipinski definition) is 0. The van der Waals surface area contributed by atoms with E-state index in [1.54, 1.807) is 0 Å². The van der Waals surface area contributed by atoms with Gasteiger partial charge >= 0.3 is 0 Å². The number of rotatable bonds is 3. The Morgan fingerprint density at radius 1 is 1.19 bits per heavy atom. The van der Waals surface area contributed by atoms with Crippen molar-refractivity contribution in [2.45, 2.75) is 32.4 Å². The summed E-state index contributed by atoms with van der Waals surface area (Å²) in [4.78, 5) is 2.55. The Morgan fingerprint density at radius 3 is 2.38 bits per heavy atom. The summed E-state index contributed by atoms with van der Waals surface area (Å²) in [5.41, 5.74) is 0. The molecule has 0 amide bonds. The highest BCUT2D eigenvalue weighted by atomic mass is 16.5. The molecule has 0 radical (unpaired) electrons. The van der Waals surface area contributed by atoms with Gasteiger partial charge in [0, 0.05) is 51.9 Å². The summed E-state index contributed by atoms with van der Waals surface area (Å²) in [6.45, 7) is 11.1. The van der Waals surface area contributed by atoms with E-state index < -0.39 is 0 Å². The van der Waals surface area contributed by atoms with Gasteiger partial charge in [-0.3, -0.25) is 4.90 Å². The van der Waals surface area contributed by atoms with E-state index in [0.29, 0.717) is 12.1 Å². The van der Waals surface area contributed by atoms with Gasteiger partial charge in [0.05, 0.1) is 6.61 Å². The number of hydrogen-bond acceptors (Lipinski definition) is 4. The van der Waals surface area contributed by atoms with Crippen LogP contribution in [-0.4, -0.2) is 73.4 Å². The quantitative estimate of drug-likeness (QED) is 0.704. The predicted molar refractivity (Wildman–Crippen MR) is 65.3 cm³/mol. The molecule has 0 aliphatic carbocycles. The van der Waals surface area contributed by atoms with Gasteiger partial charge in [-0.2, -0.15) is 0 Å². The first kappa shape index (κ1) is 12.3. The van der Waals surface area contributed by atoms with E-state index in [-0.39, 0.29) is 0 Å². The Hall–Kier alpha value is -0.160. The van der Waals surface area contributed by atoms with Crippen LogP contribution < -0.4 is 0 Å². The van der Waals surface area contributed by atoms with Crippen LogP contribution >= 0.6 is 0 Å². The fraction of sp³-hybridized carbons (Fsp3) is 1.00. The Kier molecular flexibility index (Phi) is 4.19. The molecular formula is C12H25N3O. The van der Waals surface area contributed by atoms with Gasteiger partial charge in [0.2, 0.25) is 0 Å². The monoisotopic (exact) mass is 227 g/mol. The van der Waals surface area contributed by atoms with E-state index in [0.717, 1.165) is 26.3 Å². The number of piperazine rings is 1. The van der Waals surface area contributed by atoms with Crippen molar-refractivity contribution in [1.29, 1.82) is 0 Å². The number of hydrazine groups is 1. The molecule has 0 unspecified atom stereocenters. The maximum atomic E-state index is 5.45. The van der Waals surface area contributed by atoms with Gasteiger partial charge in [-0.25, -0.2) is 10.0 Å². The van der Waals surface area contributed by atoms with Crippen molar-refractivity contribution < 1.29 is 4.74 Å². The van der Waals surface area contributed by atoms with Crippen LogP contribution in [0.25, 0.3) is 0 Å². The lowest BCUT2D eigenvalue weighted by molar-refractivity contribution is -0.0716. The minimum absolute atomic E-state index is 0.602. The molecule has 2 aliphatic heterocycles. The van der Waals surface area contributed by atoms with Crippen LogP contribution in [0.1, 0.15) is 20.3 Å². The molecular weight excluding hydrogens is 202 g/mol. The average Bonchev–Trinajstić information content (AvgIpc) is 2.81. The minimum atomic E-state index is 0.602. The van der Waals surface area contributed by atoms with E-state index in [1.165, 1.54) is 19.5 Å². The van der Waals surface area contributed by atoms with Crippen molar-refractivity contribution in [2.75, 3.05) is 46.4 Å². The summed E-state index contributed by atoms with van der Waals surface area (Å²) >= 11 is 0. The molecule has 1 atom stereocenters. The topological polar surface area (TPSA) is 19.0 Å². The van der Waals surface area contributed by atoms with Crippen LogP contribution in [0.5, 0.6) is 0 Å². The molecule has 16 heavy (non-hydrogen) atoms. The largest absolute Gasteiger partial charge is 0.380 e. The van der Waals surface area contributed by atoms with Crippen molar-refractivity contribution in [2.24, 2.45) is 0 Å². The molecule has 0 aromatic heterocycles. The zero-order valence-corrected chi connectivity index (χ0v) is 10.9. The summed E-state index contributed by atoms with van der Waals surface area (Å²) in [6, 6.07) is 1.29. The molecule has 2 fully saturated rings. The molecule has 2 rings (SSSR count). The summed E-state index contributed by atoms with van der Waals surface area (Å²) in [6.07, 6.45) is 1.18. The predicted octanol–water partition coefficient (Wildman–Crippen LogP) is 0.648. The zero-order valence-electron chi connectivity index (χ0n) is 10.9. The molecule has 4 nitrogen and oxygen atoms in total. The van der Waals surface area contributed by atoms with Gasteiger partial charge in [-0.15, -0.1) is 0 Å². The lowest BCUT2D eigenvalue weighted by Crippen LogP contribution is -2.56. The van der Waals surface area contributed by atoms with Crippen LogP contribution in [0, 0.1) is 0 Å². The van der Waals surface area contributed by atoms with Crippen LogP contribution in [-0.2, 0) is 4.74 Å². The molecule has 94 valence electrons. The van der Waals surface area contributed by atoms with E-state index in [4.69, 9.17) is 4.74 Å². The molecule has 0 saturated carbocycles. The highest BCUT2D eigenvalue weighted by Crippen LogP contribution is 2.15. The average molecular weight is 227 g/mol. The number of ether oxygens (including phenoxy) is 1. The Labute approximate surface area is 99.1 Å². The van der Waals surface area contributed by atoms with Crippen molar-refractivity contribution in [3.8, 4) is 0 Å². The van der Waals surface area contributed by atoms with Gasteiger partial charge in [0.15, 0.2) is 0 Å². The van der Waals surface area contributed by atoms with Crippen molar-refractivity contribution in [1.82, 2.24) is 14.9 Å². The van der Waals surface area contributed by atoms with E-state index in [2.05, 4.69) is 35.8 Å². The van der Waals surface area contributed by atoms with E-state index in [9.17, 15) is 0 Å². The van der Waals surface area contributed by atoms with E-state index in [1.807, 2.05) is 0 Å². The minimum Gasteiger partial charge on any atom is -0.380 e. The highest BCUT2D eigenvalue weighted by Gasteiger charge is 2.27. The van der Waals surface area contributed by atoms with Gasteiger partial charge < -0.3 is 4.74 Å². The van der Waals surface area contributed by atoms with Crippen LogP contribution in [0.3, 0.4) is 0 Å². The van der Waals surface area contributed by atoms with Crippen LogP contribution in [0.2, 0.25) is 0 Å². The summed E-state index contributed by atoms with van der Waals surface area (Å²) in [7, 11) is 2.21. The van der Waals surface area contributed by atoms with Crippen LogP contribution in [0.4, 0.5) is 0 Å². The smallest absolute Gasteiger partial charge is 0.0636 e. The number of likely N-dealkylation sites (N-methyl/N-ethyl adjacent to an activating group) is 1. The maximum absolute atomic E-state index is 5.45. The van der Waals surface area contributed by atoms with Gasteiger partial charge in [0.25, 0.3) is 0 Å². The third-order valence-corrected chi connectivity index (χ3v) is 3.90. The standard InChI is InChI=1S/C12H25N3O/c1-11(2)14-5-7-15(8-6-14)13(3)12-4-9-16-10-12/h11-12H,4-10H2,1-3H3/t12-/m1/s1. The van der Waals surface area contributed by atoms with Gasteiger partial charge in [-0.1, -0.05) is 0 Å². The van der Waals surface area contributed by atoms with Gasteiger partial charge in [0.1, 0.15) is 0 Å². The lowest BCUT2D eigenvalue weighted by Gasteiger charge is -2.42. The zero-order chi connectivity index (χ0) is 11.5. The Balaban J connectivity index is 1.79. The molecule has 2 aliphatic rings. The van der Waals surface area contributed by atoms with Crippen molar-refractivity contribution in [3.63, 3.8) is 0 Å². The maximum Gasteiger partial charge on any atom is 0.0636 e. The fourth-order valence-corrected chi connectivity index (χ4v) is 2.59. The van der Waals surface area contributed by atoms with Gasteiger partial charge in [-0.05, 0) is 20.3 Å². The third kappa shape index (κ3) is 2.74. The first-order valence-corrected chi connectivity index (χ1v) is 6.48. The second-order valence-electron chi connectivity index (χ2n) is 5.17. The summed E-state index contributed by atoms with van der Waals surface area (Å²) < 4.78 is 5.45. The molecule has 2 heterocycles. The fourth-order valence-electron chi connectivity index (χ4n) is 2.59. The Morgan fingerprint density at radius 2 is 1.88 bits per heavy atom. The lowest BCUT2D eigenvalue weighted by atomic mass is 10.2. The molecule has 0 N–H and O–H groups in total. The van der Waals surface area contributed by atoms with Crippen LogP contribution in [0.15, 0.2) is 0 Å². The SMILES string of the molecule is CC(C)N1CCN(N(C)[C@@H]2CCOC2)CC1. The molecule has 0 bridgehead atoms. The summed E-state index contributed by atoms with van der Waals surface area (Å²) in [5, 5.41) is 4.89. The normalized spacial score (nSPS) is 29.4. The van der Waals surface area contributed by atoms with Crippen molar-refractivity contribution >= 4 is 0 Å². The Bertz CT molecular complexity index is 208. The molecule has 0 aromatic rings. The van der Waals surface area contributed by atoms with E-state index >= 15 is 0 Å². The molecule has 0 spiro atoms. The van der Waals surface area contributed by atoms with Crippen molar-refractivity contribution in [3.05, 3.63) is 0 Å². The summed E-state index contributed by atoms with van der Waals surface area (Å²) in [5.74, 6) is 0. The first-order chi connectivity index (χ1) is 7.68. The first-order valence-electron chi connectivity index (χ1n) is 6.48.